The third-order valence-electron chi connectivity index (χ3n) is 6.73. The Hall–Kier alpha value is -2.24. The van der Waals surface area contributed by atoms with E-state index in [1.54, 1.807) is 42.2 Å². The monoisotopic (exact) mass is 506 g/mol. The van der Waals surface area contributed by atoms with E-state index in [4.69, 9.17) is 16.3 Å². The fraction of sp³-hybridized carbons (Fsp3) is 0.478. The van der Waals surface area contributed by atoms with Crippen molar-refractivity contribution < 1.29 is 22.7 Å². The number of hydrogen-bond acceptors (Lipinski definition) is 6. The lowest BCUT2D eigenvalue weighted by Crippen LogP contribution is -2.62. The summed E-state index contributed by atoms with van der Waals surface area (Å²) in [5.41, 5.74) is 0. The first-order chi connectivity index (χ1) is 16.2. The Morgan fingerprint density at radius 2 is 1.82 bits per heavy atom. The van der Waals surface area contributed by atoms with Crippen LogP contribution in [0.25, 0.3) is 10.8 Å². The lowest BCUT2D eigenvalue weighted by molar-refractivity contribution is -0.156. The van der Waals surface area contributed by atoms with E-state index in [0.717, 1.165) is 10.8 Å². The molecule has 3 fully saturated rings. The van der Waals surface area contributed by atoms with Crippen molar-refractivity contribution in [1.82, 2.24) is 19.8 Å². The van der Waals surface area contributed by atoms with Gasteiger partial charge in [-0.05, 0) is 48.4 Å². The number of nitrogens with zero attached hydrogens (tertiary/aromatic N) is 2. The van der Waals surface area contributed by atoms with Crippen LogP contribution < -0.4 is 10.0 Å². The first-order valence-corrected chi connectivity index (χ1v) is 13.2. The van der Waals surface area contributed by atoms with Gasteiger partial charge in [-0.1, -0.05) is 23.7 Å². The molecule has 3 aliphatic heterocycles. The quantitative estimate of drug-likeness (QED) is 0.625. The fourth-order valence-corrected chi connectivity index (χ4v) is 6.38. The smallest absolute Gasteiger partial charge is 0.245 e. The summed E-state index contributed by atoms with van der Waals surface area (Å²) in [6.45, 7) is 4.38. The standard InChI is InChI=1S/C23H27ClN4O5S/c1-14(22(29)27-12-18-10-25-11-19(13-27)33-18)28-7-6-21(23(28)30)26-34(31,32)20-5-3-15-8-17(24)4-2-16(15)9-20/h2-5,8-9,14,18-19,21,25-26H,6-7,10-13H2,1H3/t14-,18-,19+,21-/m0/s1. The van der Waals surface area contributed by atoms with Crippen LogP contribution >= 0.6 is 11.6 Å². The van der Waals surface area contributed by atoms with Gasteiger partial charge in [0.25, 0.3) is 0 Å². The van der Waals surface area contributed by atoms with Gasteiger partial charge in [0.1, 0.15) is 12.1 Å². The second kappa shape index (κ2) is 9.09. The van der Waals surface area contributed by atoms with Crippen LogP contribution in [0.1, 0.15) is 13.3 Å². The van der Waals surface area contributed by atoms with Crippen LogP contribution in [0.5, 0.6) is 0 Å². The van der Waals surface area contributed by atoms with Gasteiger partial charge in [-0.2, -0.15) is 4.72 Å². The van der Waals surface area contributed by atoms with Crippen LogP contribution in [0.4, 0.5) is 0 Å². The number of halogens is 1. The molecular weight excluding hydrogens is 480 g/mol. The van der Waals surface area contributed by atoms with Crippen molar-refractivity contribution in [3.63, 3.8) is 0 Å². The van der Waals surface area contributed by atoms with E-state index < -0.39 is 22.1 Å². The molecule has 0 spiro atoms. The number of benzene rings is 2. The number of morpholine rings is 2. The van der Waals surface area contributed by atoms with Gasteiger partial charge in [-0.25, -0.2) is 8.42 Å². The molecular formula is C23H27ClN4O5S. The van der Waals surface area contributed by atoms with Crippen LogP contribution in [-0.2, 0) is 24.3 Å². The van der Waals surface area contributed by atoms with E-state index in [1.807, 2.05) is 0 Å². The third kappa shape index (κ3) is 4.52. The molecule has 2 amide bonds. The number of hydrogen-bond donors (Lipinski definition) is 2. The number of fused-ring (bicyclic) bond motifs is 3. The van der Waals surface area contributed by atoms with Gasteiger partial charge in [0.15, 0.2) is 0 Å². The molecule has 2 N–H and O–H groups in total. The molecule has 0 aromatic heterocycles. The fourth-order valence-electron chi connectivity index (χ4n) is 4.95. The zero-order chi connectivity index (χ0) is 24.0. The van der Waals surface area contributed by atoms with Crippen LogP contribution in [-0.4, -0.2) is 87.0 Å². The van der Waals surface area contributed by atoms with Gasteiger partial charge in [0.05, 0.1) is 17.1 Å². The second-order valence-corrected chi connectivity index (χ2v) is 11.3. The second-order valence-electron chi connectivity index (χ2n) is 9.11. The maximum absolute atomic E-state index is 13.1. The highest BCUT2D eigenvalue weighted by molar-refractivity contribution is 7.89. The molecule has 0 radical (unpaired) electrons. The van der Waals surface area contributed by atoms with E-state index in [0.29, 0.717) is 44.2 Å². The van der Waals surface area contributed by atoms with Gasteiger partial charge in [-0.3, -0.25) is 9.59 Å². The van der Waals surface area contributed by atoms with Gasteiger partial charge in [-0.15, -0.1) is 0 Å². The summed E-state index contributed by atoms with van der Waals surface area (Å²) in [6, 6.07) is 8.37. The predicted octanol–water partition coefficient (Wildman–Crippen LogP) is 0.960. The van der Waals surface area contributed by atoms with E-state index in [-0.39, 0.29) is 28.9 Å². The topological polar surface area (TPSA) is 108 Å². The average molecular weight is 507 g/mol. The van der Waals surface area contributed by atoms with Crippen LogP contribution in [0.3, 0.4) is 0 Å². The molecule has 9 nitrogen and oxygen atoms in total. The van der Waals surface area contributed by atoms with Crippen LogP contribution in [0.2, 0.25) is 5.02 Å². The van der Waals surface area contributed by atoms with Crippen molar-refractivity contribution in [1.29, 1.82) is 0 Å². The number of sulfonamides is 1. The number of amides is 2. The van der Waals surface area contributed by atoms with Crippen molar-refractivity contribution in [2.24, 2.45) is 0 Å². The Bertz CT molecular complexity index is 1230. The van der Waals surface area contributed by atoms with Gasteiger partial charge >= 0.3 is 0 Å². The molecule has 2 aromatic rings. The van der Waals surface area contributed by atoms with E-state index >= 15 is 0 Å². The van der Waals surface area contributed by atoms with Gasteiger partial charge in [0, 0.05) is 37.7 Å². The van der Waals surface area contributed by atoms with Crippen molar-refractivity contribution in [3.05, 3.63) is 41.4 Å². The minimum absolute atomic E-state index is 0.0459. The number of likely N-dealkylation sites (tertiary alicyclic amines) is 1. The number of ether oxygens (including phenoxy) is 1. The number of carbonyl (C=O) groups is 2. The Kier molecular flexibility index (Phi) is 6.28. The maximum atomic E-state index is 13.1. The highest BCUT2D eigenvalue weighted by Gasteiger charge is 2.42. The summed E-state index contributed by atoms with van der Waals surface area (Å²) < 4.78 is 34.4. The average Bonchev–Trinajstić information content (AvgIpc) is 3.16. The molecule has 0 saturated carbocycles. The Balaban J connectivity index is 1.26. The molecule has 0 unspecified atom stereocenters. The first kappa shape index (κ1) is 23.5. The number of carbonyl (C=O) groups excluding carboxylic acids is 2. The van der Waals surface area contributed by atoms with Crippen molar-refractivity contribution >= 4 is 44.2 Å². The third-order valence-corrected chi connectivity index (χ3v) is 8.44. The Morgan fingerprint density at radius 1 is 1.15 bits per heavy atom. The largest absolute Gasteiger partial charge is 0.369 e. The summed E-state index contributed by atoms with van der Waals surface area (Å²) in [4.78, 5) is 29.5. The summed E-state index contributed by atoms with van der Waals surface area (Å²) in [5, 5.41) is 5.42. The SMILES string of the molecule is C[C@@H](C(=O)N1C[C@H]2CNC[C@@H](C1)O2)N1CC[C@H](NS(=O)(=O)c2ccc3cc(Cl)ccc3c2)C1=O. The maximum Gasteiger partial charge on any atom is 0.245 e. The van der Waals surface area contributed by atoms with Crippen molar-refractivity contribution in [2.45, 2.75) is 42.5 Å². The molecule has 3 heterocycles. The summed E-state index contributed by atoms with van der Waals surface area (Å²) in [5.74, 6) is -0.516. The highest BCUT2D eigenvalue weighted by Crippen LogP contribution is 2.24. The summed E-state index contributed by atoms with van der Waals surface area (Å²) >= 11 is 6.00. The van der Waals surface area contributed by atoms with Crippen LogP contribution in [0, 0.1) is 0 Å². The van der Waals surface area contributed by atoms with Gasteiger partial charge < -0.3 is 19.9 Å². The zero-order valence-corrected chi connectivity index (χ0v) is 20.3. The Morgan fingerprint density at radius 3 is 2.56 bits per heavy atom. The molecule has 2 bridgehead atoms. The van der Waals surface area contributed by atoms with Crippen LogP contribution in [0.15, 0.2) is 41.3 Å². The van der Waals surface area contributed by atoms with Crippen molar-refractivity contribution in [2.75, 3.05) is 32.7 Å². The lowest BCUT2D eigenvalue weighted by atomic mass is 10.1. The first-order valence-electron chi connectivity index (χ1n) is 11.4. The normalized spacial score (nSPS) is 26.2. The van der Waals surface area contributed by atoms with E-state index in [1.165, 1.54) is 11.0 Å². The molecule has 2 aromatic carbocycles. The Labute approximate surface area is 203 Å². The number of nitrogens with one attached hydrogen (secondary N) is 2. The summed E-state index contributed by atoms with van der Waals surface area (Å²) in [7, 11) is -3.93. The molecule has 0 aliphatic carbocycles. The molecule has 11 heteroatoms. The molecule has 182 valence electrons. The molecule has 4 atom stereocenters. The minimum Gasteiger partial charge on any atom is -0.369 e. The zero-order valence-electron chi connectivity index (χ0n) is 18.7. The van der Waals surface area contributed by atoms with E-state index in [2.05, 4.69) is 10.0 Å². The lowest BCUT2D eigenvalue weighted by Gasteiger charge is -2.43. The highest BCUT2D eigenvalue weighted by atomic mass is 35.5. The minimum atomic E-state index is -3.93. The molecule has 3 saturated heterocycles. The van der Waals surface area contributed by atoms with Gasteiger partial charge in [0.2, 0.25) is 21.8 Å². The van der Waals surface area contributed by atoms with Crippen molar-refractivity contribution in [3.8, 4) is 0 Å². The number of rotatable bonds is 5. The van der Waals surface area contributed by atoms with E-state index in [9.17, 15) is 18.0 Å². The molecule has 3 aliphatic rings. The predicted molar refractivity (Wildman–Crippen MR) is 127 cm³/mol. The molecule has 34 heavy (non-hydrogen) atoms. The summed E-state index contributed by atoms with van der Waals surface area (Å²) in [6.07, 6.45) is 0.211. The molecule has 5 rings (SSSR count).